The fourth-order valence-corrected chi connectivity index (χ4v) is 4.32. The molecule has 2 saturated heterocycles. The Hall–Kier alpha value is -0.610. The summed E-state index contributed by atoms with van der Waals surface area (Å²) in [6, 6.07) is 0.975. The fourth-order valence-electron chi connectivity index (χ4n) is 4.32. The minimum Gasteiger partial charge on any atom is -0.351 e. The maximum atomic E-state index is 12.7. The quantitative estimate of drug-likeness (QED) is 0.807. The highest BCUT2D eigenvalue weighted by Crippen LogP contribution is 2.36. The van der Waals surface area contributed by atoms with Crippen molar-refractivity contribution in [3.05, 3.63) is 0 Å². The molecule has 2 unspecified atom stereocenters. The summed E-state index contributed by atoms with van der Waals surface area (Å²) in [6.07, 6.45) is 9.20. The molecule has 4 heteroatoms. The highest BCUT2D eigenvalue weighted by Gasteiger charge is 2.43. The SMILES string of the molecule is NCC1(C(=O)NC2CCN3CCCC23)CCCCC1. The second-order valence-electron chi connectivity index (χ2n) is 6.66. The third-order valence-electron chi connectivity index (χ3n) is 5.61. The van der Waals surface area contributed by atoms with Gasteiger partial charge in [0.1, 0.15) is 0 Å². The van der Waals surface area contributed by atoms with Crippen LogP contribution in [-0.4, -0.2) is 42.5 Å². The van der Waals surface area contributed by atoms with Gasteiger partial charge in [0.05, 0.1) is 5.41 Å². The standard InChI is InChI=1S/C15H27N3O/c16-11-15(7-2-1-3-8-15)14(19)17-12-6-10-18-9-4-5-13(12)18/h12-13H,1-11,16H2,(H,17,19). The fraction of sp³-hybridized carbons (Fsp3) is 0.933. The summed E-state index contributed by atoms with van der Waals surface area (Å²) >= 11 is 0. The molecule has 0 aromatic rings. The number of rotatable bonds is 3. The number of carbonyl (C=O) groups excluding carboxylic acids is 1. The molecular weight excluding hydrogens is 238 g/mol. The first-order chi connectivity index (χ1) is 9.25. The summed E-state index contributed by atoms with van der Waals surface area (Å²) in [5.41, 5.74) is 5.69. The lowest BCUT2D eigenvalue weighted by atomic mass is 9.73. The molecule has 0 aromatic heterocycles. The van der Waals surface area contributed by atoms with Crippen LogP contribution in [0.4, 0.5) is 0 Å². The zero-order valence-electron chi connectivity index (χ0n) is 11.9. The number of hydrogen-bond acceptors (Lipinski definition) is 3. The van der Waals surface area contributed by atoms with Crippen LogP contribution in [0.3, 0.4) is 0 Å². The molecule has 3 rings (SSSR count). The zero-order valence-corrected chi connectivity index (χ0v) is 11.9. The van der Waals surface area contributed by atoms with Crippen molar-refractivity contribution in [1.29, 1.82) is 0 Å². The van der Waals surface area contributed by atoms with Crippen LogP contribution >= 0.6 is 0 Å². The van der Waals surface area contributed by atoms with Crippen molar-refractivity contribution in [2.75, 3.05) is 19.6 Å². The third-order valence-corrected chi connectivity index (χ3v) is 5.61. The van der Waals surface area contributed by atoms with Crippen molar-refractivity contribution in [2.45, 2.75) is 63.5 Å². The van der Waals surface area contributed by atoms with Gasteiger partial charge < -0.3 is 11.1 Å². The smallest absolute Gasteiger partial charge is 0.227 e. The van der Waals surface area contributed by atoms with E-state index < -0.39 is 0 Å². The number of nitrogens with one attached hydrogen (secondary N) is 1. The van der Waals surface area contributed by atoms with Crippen molar-refractivity contribution in [3.63, 3.8) is 0 Å². The number of fused-ring (bicyclic) bond motifs is 1. The molecule has 19 heavy (non-hydrogen) atoms. The number of carbonyl (C=O) groups is 1. The van der Waals surface area contributed by atoms with E-state index >= 15 is 0 Å². The van der Waals surface area contributed by atoms with Crippen molar-refractivity contribution >= 4 is 5.91 Å². The van der Waals surface area contributed by atoms with E-state index in [1.54, 1.807) is 0 Å². The normalized spacial score (nSPS) is 34.2. The van der Waals surface area contributed by atoms with E-state index in [9.17, 15) is 4.79 Å². The van der Waals surface area contributed by atoms with Gasteiger partial charge in [-0.1, -0.05) is 19.3 Å². The summed E-state index contributed by atoms with van der Waals surface area (Å²) < 4.78 is 0. The van der Waals surface area contributed by atoms with Crippen LogP contribution in [0.5, 0.6) is 0 Å². The highest BCUT2D eigenvalue weighted by atomic mass is 16.2. The van der Waals surface area contributed by atoms with Gasteiger partial charge in [0.25, 0.3) is 0 Å². The summed E-state index contributed by atoms with van der Waals surface area (Å²) in [7, 11) is 0. The predicted molar refractivity (Wildman–Crippen MR) is 75.7 cm³/mol. The Labute approximate surface area is 116 Å². The van der Waals surface area contributed by atoms with Crippen molar-refractivity contribution in [1.82, 2.24) is 10.2 Å². The number of hydrogen-bond donors (Lipinski definition) is 2. The lowest BCUT2D eigenvalue weighted by Crippen LogP contribution is -2.52. The van der Waals surface area contributed by atoms with E-state index in [-0.39, 0.29) is 11.3 Å². The maximum Gasteiger partial charge on any atom is 0.227 e. The summed E-state index contributed by atoms with van der Waals surface area (Å²) in [5.74, 6) is 0.244. The lowest BCUT2D eigenvalue weighted by molar-refractivity contribution is -0.133. The van der Waals surface area contributed by atoms with Crippen molar-refractivity contribution in [3.8, 4) is 0 Å². The predicted octanol–water partition coefficient (Wildman–Crippen LogP) is 1.25. The molecule has 2 aliphatic heterocycles. The van der Waals surface area contributed by atoms with Gasteiger partial charge in [0.2, 0.25) is 5.91 Å². The average molecular weight is 265 g/mol. The first-order valence-corrected chi connectivity index (χ1v) is 8.00. The van der Waals surface area contributed by atoms with E-state index in [2.05, 4.69) is 10.2 Å². The minimum absolute atomic E-state index is 0.244. The maximum absolute atomic E-state index is 12.7. The largest absolute Gasteiger partial charge is 0.351 e. The summed E-state index contributed by atoms with van der Waals surface area (Å²) in [6.45, 7) is 2.89. The Balaban J connectivity index is 1.63. The monoisotopic (exact) mass is 265 g/mol. The Morgan fingerprint density at radius 3 is 2.68 bits per heavy atom. The van der Waals surface area contributed by atoms with Gasteiger partial charge in [-0.15, -0.1) is 0 Å². The Morgan fingerprint density at radius 2 is 1.95 bits per heavy atom. The molecule has 1 aliphatic carbocycles. The third kappa shape index (κ3) is 2.40. The van der Waals surface area contributed by atoms with Gasteiger partial charge in [-0.2, -0.15) is 0 Å². The van der Waals surface area contributed by atoms with E-state index in [0.29, 0.717) is 18.6 Å². The van der Waals surface area contributed by atoms with E-state index in [4.69, 9.17) is 5.73 Å². The Kier molecular flexibility index (Phi) is 3.81. The van der Waals surface area contributed by atoms with Crippen molar-refractivity contribution in [2.24, 2.45) is 11.1 Å². The number of amides is 1. The molecule has 1 saturated carbocycles. The molecule has 0 aromatic carbocycles. The molecule has 108 valence electrons. The molecule has 3 fully saturated rings. The summed E-state index contributed by atoms with van der Waals surface area (Å²) in [4.78, 5) is 15.2. The van der Waals surface area contributed by atoms with Crippen LogP contribution in [0.15, 0.2) is 0 Å². The molecule has 2 atom stereocenters. The molecule has 2 heterocycles. The molecule has 0 bridgehead atoms. The Morgan fingerprint density at radius 1 is 1.16 bits per heavy atom. The topological polar surface area (TPSA) is 58.4 Å². The van der Waals surface area contributed by atoms with E-state index in [1.807, 2.05) is 0 Å². The molecule has 3 N–H and O–H groups in total. The Bertz CT molecular complexity index is 338. The molecule has 4 nitrogen and oxygen atoms in total. The molecule has 1 amide bonds. The van der Waals surface area contributed by atoms with Crippen LogP contribution in [0.2, 0.25) is 0 Å². The van der Waals surface area contributed by atoms with Crippen LogP contribution in [-0.2, 0) is 4.79 Å². The minimum atomic E-state index is -0.260. The van der Waals surface area contributed by atoms with Gasteiger partial charge >= 0.3 is 0 Å². The van der Waals surface area contributed by atoms with Crippen LogP contribution in [0, 0.1) is 5.41 Å². The second kappa shape index (κ2) is 5.41. The molecule has 0 spiro atoms. The second-order valence-corrected chi connectivity index (χ2v) is 6.66. The number of nitrogens with two attached hydrogens (primary N) is 1. The average Bonchev–Trinajstić information content (AvgIpc) is 3.04. The van der Waals surface area contributed by atoms with Gasteiger partial charge in [-0.3, -0.25) is 9.69 Å². The molecule has 0 radical (unpaired) electrons. The van der Waals surface area contributed by atoms with Crippen LogP contribution in [0.25, 0.3) is 0 Å². The van der Waals surface area contributed by atoms with E-state index in [0.717, 1.165) is 38.6 Å². The van der Waals surface area contributed by atoms with Gasteiger partial charge in [-0.05, 0) is 38.6 Å². The van der Waals surface area contributed by atoms with Gasteiger partial charge in [0, 0.05) is 25.2 Å². The first kappa shape index (κ1) is 13.4. The lowest BCUT2D eigenvalue weighted by Gasteiger charge is -2.36. The molecule has 3 aliphatic rings. The van der Waals surface area contributed by atoms with E-state index in [1.165, 1.54) is 25.8 Å². The highest BCUT2D eigenvalue weighted by molar-refractivity contribution is 5.83. The van der Waals surface area contributed by atoms with Gasteiger partial charge in [-0.25, -0.2) is 0 Å². The van der Waals surface area contributed by atoms with Crippen molar-refractivity contribution < 1.29 is 4.79 Å². The van der Waals surface area contributed by atoms with Gasteiger partial charge in [0.15, 0.2) is 0 Å². The first-order valence-electron chi connectivity index (χ1n) is 8.00. The number of nitrogens with zero attached hydrogens (tertiary/aromatic N) is 1. The molecular formula is C15H27N3O. The summed E-state index contributed by atoms with van der Waals surface area (Å²) in [5, 5.41) is 3.35. The van der Waals surface area contributed by atoms with Crippen LogP contribution < -0.4 is 11.1 Å². The van der Waals surface area contributed by atoms with Crippen LogP contribution in [0.1, 0.15) is 51.4 Å². The zero-order chi connectivity index (χ0) is 13.3.